The highest BCUT2D eigenvalue weighted by molar-refractivity contribution is 7.89. The summed E-state index contributed by atoms with van der Waals surface area (Å²) in [7, 11) is -3.76. The number of aromatic nitrogens is 1. The fourth-order valence-corrected chi connectivity index (χ4v) is 6.30. The highest BCUT2D eigenvalue weighted by Gasteiger charge is 2.22. The molecule has 0 fully saturated rings. The van der Waals surface area contributed by atoms with Crippen LogP contribution in [-0.4, -0.2) is 13.0 Å². The van der Waals surface area contributed by atoms with Crippen molar-refractivity contribution < 1.29 is 8.42 Å². The number of fused-ring (bicyclic) bond motifs is 1. The number of thiazole rings is 1. The molecule has 0 radical (unpaired) electrons. The van der Waals surface area contributed by atoms with Gasteiger partial charge >= 0.3 is 4.87 Å². The van der Waals surface area contributed by atoms with Crippen LogP contribution in [0.5, 0.6) is 0 Å². The minimum Gasteiger partial charge on any atom is -0.294 e. The average molecular weight is 467 g/mol. The predicted octanol–water partition coefficient (Wildman–Crippen LogP) is 5.16. The van der Waals surface area contributed by atoms with Gasteiger partial charge in [-0.1, -0.05) is 72.4 Å². The zero-order valence-electron chi connectivity index (χ0n) is 18.3. The molecule has 0 saturated heterocycles. The SMILES string of the molecule is CC[C@@H](NS(=O)(=O)c1ccc2c(c1)sc(=O)n2Cc1ccccc1)c1ccc(C)cc1C. The Morgan fingerprint density at radius 1 is 1.00 bits per heavy atom. The molecule has 0 aliphatic heterocycles. The first-order valence-electron chi connectivity index (χ1n) is 10.6. The van der Waals surface area contributed by atoms with Gasteiger partial charge in [-0.05, 0) is 55.2 Å². The Labute approximate surface area is 192 Å². The quantitative estimate of drug-likeness (QED) is 0.409. The standard InChI is InChI=1S/C25H26N2O3S2/c1-4-22(21-12-10-17(2)14-18(21)3)26-32(29,30)20-11-13-23-24(15-20)31-25(28)27(23)16-19-8-6-5-7-9-19/h5-15,22,26H,4,16H2,1-3H3/t22-/m1/s1. The Kier molecular flexibility index (Phi) is 6.33. The summed E-state index contributed by atoms with van der Waals surface area (Å²) in [6, 6.07) is 20.4. The van der Waals surface area contributed by atoms with Crippen LogP contribution in [0, 0.1) is 13.8 Å². The van der Waals surface area contributed by atoms with E-state index in [1.165, 1.54) is 0 Å². The molecule has 0 aliphatic carbocycles. The number of aryl methyl sites for hydroxylation is 2. The Hall–Kier alpha value is -2.74. The van der Waals surface area contributed by atoms with Gasteiger partial charge < -0.3 is 0 Å². The summed E-state index contributed by atoms with van der Waals surface area (Å²) in [5.41, 5.74) is 4.94. The highest BCUT2D eigenvalue weighted by atomic mass is 32.2. The summed E-state index contributed by atoms with van der Waals surface area (Å²) < 4.78 is 31.6. The number of hydrogen-bond acceptors (Lipinski definition) is 4. The lowest BCUT2D eigenvalue weighted by Gasteiger charge is -2.20. The van der Waals surface area contributed by atoms with Crippen molar-refractivity contribution in [2.75, 3.05) is 0 Å². The normalized spacial score (nSPS) is 12.8. The first-order valence-corrected chi connectivity index (χ1v) is 12.9. The molecule has 1 N–H and O–H groups in total. The van der Waals surface area contributed by atoms with Crippen molar-refractivity contribution in [2.45, 2.75) is 44.7 Å². The second kappa shape index (κ2) is 9.02. The van der Waals surface area contributed by atoms with E-state index in [1.807, 2.05) is 63.2 Å². The van der Waals surface area contributed by atoms with E-state index in [2.05, 4.69) is 10.8 Å². The fourth-order valence-electron chi connectivity index (χ4n) is 3.97. The third-order valence-corrected chi connectivity index (χ3v) is 8.05. The zero-order valence-corrected chi connectivity index (χ0v) is 20.0. The first kappa shape index (κ1) is 22.5. The van der Waals surface area contributed by atoms with E-state index in [9.17, 15) is 13.2 Å². The zero-order chi connectivity index (χ0) is 22.9. The number of hydrogen-bond donors (Lipinski definition) is 1. The molecule has 0 saturated carbocycles. The maximum atomic E-state index is 13.2. The Morgan fingerprint density at radius 3 is 2.44 bits per heavy atom. The number of nitrogens with zero attached hydrogens (tertiary/aromatic N) is 1. The fraction of sp³-hybridized carbons (Fsp3) is 0.240. The topological polar surface area (TPSA) is 68.2 Å². The highest BCUT2D eigenvalue weighted by Crippen LogP contribution is 2.26. The molecule has 7 heteroatoms. The molecule has 1 heterocycles. The van der Waals surface area contributed by atoms with Crippen molar-refractivity contribution in [2.24, 2.45) is 0 Å². The summed E-state index contributed by atoms with van der Waals surface area (Å²) >= 11 is 1.07. The maximum Gasteiger partial charge on any atom is 0.308 e. The van der Waals surface area contributed by atoms with Crippen molar-refractivity contribution in [3.8, 4) is 0 Å². The lowest BCUT2D eigenvalue weighted by Crippen LogP contribution is -2.28. The van der Waals surface area contributed by atoms with Crippen LogP contribution in [0.15, 0.2) is 76.4 Å². The summed E-state index contributed by atoms with van der Waals surface area (Å²) in [5, 5.41) is 0. The van der Waals surface area contributed by atoms with Gasteiger partial charge in [-0.25, -0.2) is 13.1 Å². The minimum absolute atomic E-state index is 0.104. The molecule has 0 unspecified atom stereocenters. The van der Waals surface area contributed by atoms with E-state index >= 15 is 0 Å². The van der Waals surface area contributed by atoms with Gasteiger partial charge in [0.1, 0.15) is 0 Å². The molecule has 0 bridgehead atoms. The maximum absolute atomic E-state index is 13.2. The third-order valence-electron chi connectivity index (χ3n) is 5.64. The van der Waals surface area contributed by atoms with E-state index < -0.39 is 10.0 Å². The van der Waals surface area contributed by atoms with Gasteiger partial charge in [0.25, 0.3) is 0 Å². The van der Waals surface area contributed by atoms with Crippen molar-refractivity contribution in [1.29, 1.82) is 0 Å². The van der Waals surface area contributed by atoms with Gasteiger partial charge in [0.15, 0.2) is 0 Å². The van der Waals surface area contributed by atoms with Crippen LogP contribution in [-0.2, 0) is 16.6 Å². The second-order valence-corrected chi connectivity index (χ2v) is 10.7. The summed E-state index contributed by atoms with van der Waals surface area (Å²) in [5.74, 6) is 0. The Morgan fingerprint density at radius 2 is 1.75 bits per heavy atom. The second-order valence-electron chi connectivity index (χ2n) is 8.01. The van der Waals surface area contributed by atoms with Crippen molar-refractivity contribution in [3.63, 3.8) is 0 Å². The van der Waals surface area contributed by atoms with Gasteiger partial charge in [0.05, 0.1) is 21.7 Å². The molecule has 3 aromatic carbocycles. The van der Waals surface area contributed by atoms with Crippen molar-refractivity contribution in [3.05, 3.63) is 98.7 Å². The van der Waals surface area contributed by atoms with E-state index in [0.717, 1.165) is 39.1 Å². The molecule has 1 atom stereocenters. The summed E-state index contributed by atoms with van der Waals surface area (Å²) in [6.45, 7) is 6.44. The van der Waals surface area contributed by atoms with Gasteiger partial charge in [-0.15, -0.1) is 0 Å². The van der Waals surface area contributed by atoms with Gasteiger partial charge in [0.2, 0.25) is 10.0 Å². The summed E-state index contributed by atoms with van der Waals surface area (Å²) in [6.07, 6.45) is 0.631. The van der Waals surface area contributed by atoms with Crippen LogP contribution in [0.2, 0.25) is 0 Å². The van der Waals surface area contributed by atoms with Gasteiger partial charge in [0, 0.05) is 6.04 Å². The average Bonchev–Trinajstić information content (AvgIpc) is 3.07. The monoisotopic (exact) mass is 466 g/mol. The Bertz CT molecular complexity index is 1420. The molecule has 0 aliphatic rings. The largest absolute Gasteiger partial charge is 0.308 e. The van der Waals surface area contributed by atoms with Crippen molar-refractivity contribution >= 4 is 31.6 Å². The third kappa shape index (κ3) is 4.55. The molecule has 4 rings (SSSR count). The molecular formula is C25H26N2O3S2. The number of rotatable bonds is 7. The van der Waals surface area contributed by atoms with Crippen LogP contribution in [0.1, 0.15) is 41.6 Å². The molecule has 32 heavy (non-hydrogen) atoms. The van der Waals surface area contributed by atoms with E-state index in [1.54, 1.807) is 22.8 Å². The minimum atomic E-state index is -3.76. The predicted molar refractivity (Wildman–Crippen MR) is 131 cm³/mol. The molecule has 0 spiro atoms. The molecule has 1 aromatic heterocycles. The number of sulfonamides is 1. The van der Waals surface area contributed by atoms with Crippen LogP contribution in [0.3, 0.4) is 0 Å². The molecule has 0 amide bonds. The van der Waals surface area contributed by atoms with Crippen molar-refractivity contribution in [1.82, 2.24) is 9.29 Å². The van der Waals surface area contributed by atoms with Gasteiger partial charge in [-0.3, -0.25) is 9.36 Å². The smallest absolute Gasteiger partial charge is 0.294 e. The number of nitrogens with one attached hydrogen (secondary N) is 1. The Balaban J connectivity index is 1.65. The van der Waals surface area contributed by atoms with Crippen LogP contribution >= 0.6 is 11.3 Å². The van der Waals surface area contributed by atoms with E-state index in [-0.39, 0.29) is 15.8 Å². The molecule has 5 nitrogen and oxygen atoms in total. The molecule has 166 valence electrons. The summed E-state index contributed by atoms with van der Waals surface area (Å²) in [4.78, 5) is 12.7. The lowest BCUT2D eigenvalue weighted by molar-refractivity contribution is 0.549. The van der Waals surface area contributed by atoms with E-state index in [4.69, 9.17) is 0 Å². The van der Waals surface area contributed by atoms with Crippen LogP contribution in [0.25, 0.3) is 10.2 Å². The molecular weight excluding hydrogens is 440 g/mol. The first-order chi connectivity index (χ1) is 15.3. The lowest BCUT2D eigenvalue weighted by atomic mass is 9.98. The van der Waals surface area contributed by atoms with Gasteiger partial charge in [-0.2, -0.15) is 0 Å². The molecule has 4 aromatic rings. The van der Waals surface area contributed by atoms with Crippen LogP contribution < -0.4 is 9.60 Å². The van der Waals surface area contributed by atoms with E-state index in [0.29, 0.717) is 17.7 Å². The number of benzene rings is 3. The van der Waals surface area contributed by atoms with Crippen LogP contribution in [0.4, 0.5) is 0 Å².